The van der Waals surface area contributed by atoms with Crippen molar-refractivity contribution in [3.05, 3.63) is 71.8 Å². The van der Waals surface area contributed by atoms with Crippen LogP contribution in [0.15, 0.2) is 60.7 Å². The first-order valence-corrected chi connectivity index (χ1v) is 7.69. The van der Waals surface area contributed by atoms with Gasteiger partial charge in [0.15, 0.2) is 0 Å². The van der Waals surface area contributed by atoms with Gasteiger partial charge in [0.1, 0.15) is 12.6 Å². The predicted octanol–water partition coefficient (Wildman–Crippen LogP) is 2.87. The fourth-order valence-electron chi connectivity index (χ4n) is 2.13. The van der Waals surface area contributed by atoms with Gasteiger partial charge in [0.2, 0.25) is 5.91 Å². The fraction of sp³-hybridized carbons (Fsp3) is 0.263. The highest BCUT2D eigenvalue weighted by Gasteiger charge is 2.16. The number of nitrogens with one attached hydrogen (secondary N) is 1. The van der Waals surface area contributed by atoms with Gasteiger partial charge in [-0.25, -0.2) is 4.79 Å². The minimum absolute atomic E-state index is 0.155. The highest BCUT2D eigenvalue weighted by Crippen LogP contribution is 2.04. The maximum Gasteiger partial charge on any atom is 0.328 e. The second-order valence-corrected chi connectivity index (χ2v) is 5.37. The van der Waals surface area contributed by atoms with Gasteiger partial charge in [0.25, 0.3) is 0 Å². The van der Waals surface area contributed by atoms with Crippen LogP contribution in [0.2, 0.25) is 0 Å². The van der Waals surface area contributed by atoms with Crippen molar-refractivity contribution in [3.63, 3.8) is 0 Å². The Kier molecular flexibility index (Phi) is 6.36. The number of ether oxygens (including phenoxy) is 1. The van der Waals surface area contributed by atoms with Gasteiger partial charge >= 0.3 is 5.97 Å². The molecule has 0 aliphatic carbocycles. The van der Waals surface area contributed by atoms with Crippen LogP contribution in [0.4, 0.5) is 0 Å². The molecule has 0 radical (unpaired) electrons. The molecule has 0 aromatic heterocycles. The zero-order chi connectivity index (χ0) is 16.5. The van der Waals surface area contributed by atoms with Gasteiger partial charge in [0.05, 0.1) is 0 Å². The lowest BCUT2D eigenvalue weighted by molar-refractivity contribution is -0.148. The van der Waals surface area contributed by atoms with E-state index < -0.39 is 12.0 Å². The van der Waals surface area contributed by atoms with E-state index in [-0.39, 0.29) is 12.5 Å². The molecule has 0 spiro atoms. The molecule has 0 unspecified atom stereocenters. The Morgan fingerprint density at radius 3 is 2.13 bits per heavy atom. The van der Waals surface area contributed by atoms with Crippen molar-refractivity contribution < 1.29 is 14.3 Å². The minimum Gasteiger partial charge on any atom is -0.459 e. The normalized spacial score (nSPS) is 11.5. The standard InChI is InChI=1S/C19H21NO3/c1-15(19(22)23-14-17-10-6-3-7-11-17)20-18(21)13-12-16-8-4-2-5-9-16/h2-11,15H,12-14H2,1H3,(H,20,21)/t15-/m0/s1. The quantitative estimate of drug-likeness (QED) is 0.800. The number of rotatable bonds is 7. The summed E-state index contributed by atoms with van der Waals surface area (Å²) in [5.74, 6) is -0.583. The molecule has 2 aromatic rings. The lowest BCUT2D eigenvalue weighted by Crippen LogP contribution is -2.39. The molecule has 23 heavy (non-hydrogen) atoms. The number of esters is 1. The summed E-state index contributed by atoms with van der Waals surface area (Å²) in [5.41, 5.74) is 2.02. The van der Waals surface area contributed by atoms with Gasteiger partial charge in [-0.1, -0.05) is 60.7 Å². The summed E-state index contributed by atoms with van der Waals surface area (Å²) in [5, 5.41) is 2.67. The Balaban J connectivity index is 1.71. The summed E-state index contributed by atoms with van der Waals surface area (Å²) in [6, 6.07) is 18.6. The Hall–Kier alpha value is -2.62. The molecule has 1 amide bonds. The first-order chi connectivity index (χ1) is 11.1. The highest BCUT2D eigenvalue weighted by molar-refractivity contribution is 5.84. The van der Waals surface area contributed by atoms with E-state index >= 15 is 0 Å². The Labute approximate surface area is 136 Å². The highest BCUT2D eigenvalue weighted by atomic mass is 16.5. The zero-order valence-electron chi connectivity index (χ0n) is 13.2. The largest absolute Gasteiger partial charge is 0.459 e. The third-order valence-corrected chi connectivity index (χ3v) is 3.44. The van der Waals surface area contributed by atoms with Crippen LogP contribution < -0.4 is 5.32 Å². The average Bonchev–Trinajstić information content (AvgIpc) is 2.59. The summed E-state index contributed by atoms with van der Waals surface area (Å²) < 4.78 is 5.20. The molecule has 0 fully saturated rings. The summed E-state index contributed by atoms with van der Waals surface area (Å²) in [4.78, 5) is 23.8. The average molecular weight is 311 g/mol. The molecule has 1 N–H and O–H groups in total. The van der Waals surface area contributed by atoms with Gasteiger partial charge in [0, 0.05) is 6.42 Å². The fourth-order valence-corrected chi connectivity index (χ4v) is 2.13. The van der Waals surface area contributed by atoms with Crippen molar-refractivity contribution in [1.82, 2.24) is 5.32 Å². The van der Waals surface area contributed by atoms with Gasteiger partial charge < -0.3 is 10.1 Å². The molecule has 120 valence electrons. The number of carbonyl (C=O) groups is 2. The summed E-state index contributed by atoms with van der Waals surface area (Å²) in [6.07, 6.45) is 0.999. The van der Waals surface area contributed by atoms with Crippen LogP contribution in [0, 0.1) is 0 Å². The van der Waals surface area contributed by atoms with E-state index in [0.717, 1.165) is 11.1 Å². The Morgan fingerprint density at radius 2 is 1.52 bits per heavy atom. The van der Waals surface area contributed by atoms with E-state index in [1.165, 1.54) is 0 Å². The van der Waals surface area contributed by atoms with Crippen LogP contribution in [-0.4, -0.2) is 17.9 Å². The van der Waals surface area contributed by atoms with E-state index in [1.54, 1.807) is 6.92 Å². The summed E-state index contributed by atoms with van der Waals surface area (Å²) in [7, 11) is 0. The smallest absolute Gasteiger partial charge is 0.328 e. The van der Waals surface area contributed by atoms with Crippen molar-refractivity contribution in [1.29, 1.82) is 0 Å². The van der Waals surface area contributed by atoms with Crippen molar-refractivity contribution >= 4 is 11.9 Å². The molecule has 4 heteroatoms. The number of carbonyl (C=O) groups excluding carboxylic acids is 2. The Bertz CT molecular complexity index is 626. The molecule has 2 aromatic carbocycles. The number of hydrogen-bond donors (Lipinski definition) is 1. The lowest BCUT2D eigenvalue weighted by Gasteiger charge is -2.13. The molecule has 1 atom stereocenters. The van der Waals surface area contributed by atoms with Crippen molar-refractivity contribution in [2.24, 2.45) is 0 Å². The summed E-state index contributed by atoms with van der Waals surface area (Å²) in [6.45, 7) is 1.84. The van der Waals surface area contributed by atoms with E-state index in [2.05, 4.69) is 5.32 Å². The lowest BCUT2D eigenvalue weighted by atomic mass is 10.1. The number of amides is 1. The molecule has 0 saturated heterocycles. The number of hydrogen-bond acceptors (Lipinski definition) is 3. The van der Waals surface area contributed by atoms with Crippen LogP contribution in [0.5, 0.6) is 0 Å². The Morgan fingerprint density at radius 1 is 0.957 bits per heavy atom. The first kappa shape index (κ1) is 16.7. The molecular formula is C19H21NO3. The molecule has 0 heterocycles. The molecule has 0 bridgehead atoms. The van der Waals surface area contributed by atoms with Crippen LogP contribution in [0.25, 0.3) is 0 Å². The topological polar surface area (TPSA) is 55.4 Å². The third-order valence-electron chi connectivity index (χ3n) is 3.44. The molecule has 0 aliphatic rings. The number of aryl methyl sites for hydroxylation is 1. The van der Waals surface area contributed by atoms with Crippen LogP contribution in [0.3, 0.4) is 0 Å². The molecular weight excluding hydrogens is 290 g/mol. The second kappa shape index (κ2) is 8.73. The van der Waals surface area contributed by atoms with Crippen molar-refractivity contribution in [3.8, 4) is 0 Å². The van der Waals surface area contributed by atoms with Gasteiger partial charge in [-0.05, 0) is 24.5 Å². The van der Waals surface area contributed by atoms with E-state index in [9.17, 15) is 9.59 Å². The van der Waals surface area contributed by atoms with Crippen LogP contribution in [-0.2, 0) is 27.4 Å². The third kappa shape index (κ3) is 5.94. The van der Waals surface area contributed by atoms with Crippen LogP contribution in [0.1, 0.15) is 24.5 Å². The molecule has 4 nitrogen and oxygen atoms in total. The van der Waals surface area contributed by atoms with Crippen molar-refractivity contribution in [2.75, 3.05) is 0 Å². The van der Waals surface area contributed by atoms with Crippen LogP contribution >= 0.6 is 0 Å². The maximum atomic E-state index is 11.9. The molecule has 0 saturated carbocycles. The summed E-state index contributed by atoms with van der Waals surface area (Å²) >= 11 is 0. The molecule has 0 aliphatic heterocycles. The van der Waals surface area contributed by atoms with Gasteiger partial charge in [-0.15, -0.1) is 0 Å². The SMILES string of the molecule is C[C@H](NC(=O)CCc1ccccc1)C(=O)OCc1ccccc1. The van der Waals surface area contributed by atoms with E-state index in [4.69, 9.17) is 4.74 Å². The van der Waals surface area contributed by atoms with Crippen molar-refractivity contribution in [2.45, 2.75) is 32.4 Å². The van der Waals surface area contributed by atoms with E-state index in [0.29, 0.717) is 12.8 Å². The zero-order valence-corrected chi connectivity index (χ0v) is 13.2. The predicted molar refractivity (Wildman–Crippen MR) is 88.6 cm³/mol. The van der Waals surface area contributed by atoms with Gasteiger partial charge in [-0.2, -0.15) is 0 Å². The minimum atomic E-state index is -0.651. The van der Waals surface area contributed by atoms with Gasteiger partial charge in [-0.3, -0.25) is 4.79 Å². The monoisotopic (exact) mass is 311 g/mol. The molecule has 2 rings (SSSR count). The second-order valence-electron chi connectivity index (χ2n) is 5.37. The first-order valence-electron chi connectivity index (χ1n) is 7.69. The number of benzene rings is 2. The maximum absolute atomic E-state index is 11.9. The van der Waals surface area contributed by atoms with E-state index in [1.807, 2.05) is 60.7 Å².